The van der Waals surface area contributed by atoms with E-state index in [2.05, 4.69) is 21.6 Å². The molecule has 144 valence electrons. The molecule has 0 saturated heterocycles. The molecule has 0 spiro atoms. The lowest BCUT2D eigenvalue weighted by Gasteiger charge is -2.04. The predicted molar refractivity (Wildman–Crippen MR) is 111 cm³/mol. The number of thioether (sulfide) groups is 1. The van der Waals surface area contributed by atoms with Crippen LogP contribution in [0.4, 0.5) is 0 Å². The lowest BCUT2D eigenvalue weighted by atomic mass is 10.1. The number of fused-ring (bicyclic) bond motifs is 1. The topological polar surface area (TPSA) is 89.4 Å². The van der Waals surface area contributed by atoms with Gasteiger partial charge in [-0.05, 0) is 41.1 Å². The maximum atomic E-state index is 13.0. The molecule has 0 aliphatic heterocycles. The summed E-state index contributed by atoms with van der Waals surface area (Å²) in [5, 5.41) is 22.2. The standard InChI is InChI=1S/C21H18N6OS/c1-15-6-4-7-16(12-15)27-21(23-24-25-27)29-14-20(28)18-13-26(11-5-10-22)19-9-3-2-8-17(18)19/h2-4,6-9,12-13H,5,11,14H2,1H3. The quantitative estimate of drug-likeness (QED) is 0.345. The maximum absolute atomic E-state index is 13.0. The average molecular weight is 402 g/mol. The molecule has 2 heterocycles. The van der Waals surface area contributed by atoms with Crippen LogP contribution in [0.2, 0.25) is 0 Å². The first-order chi connectivity index (χ1) is 14.2. The molecule has 7 nitrogen and oxygen atoms in total. The van der Waals surface area contributed by atoms with E-state index in [1.807, 2.05) is 66.2 Å². The zero-order valence-corrected chi connectivity index (χ0v) is 16.6. The Hall–Kier alpha value is -3.44. The maximum Gasteiger partial charge on any atom is 0.214 e. The molecule has 0 aliphatic carbocycles. The summed E-state index contributed by atoms with van der Waals surface area (Å²) < 4.78 is 3.61. The minimum Gasteiger partial charge on any atom is -0.346 e. The first kappa shape index (κ1) is 18.9. The van der Waals surface area contributed by atoms with Crippen molar-refractivity contribution in [2.75, 3.05) is 5.75 Å². The van der Waals surface area contributed by atoms with Crippen molar-refractivity contribution in [1.29, 1.82) is 5.26 Å². The van der Waals surface area contributed by atoms with E-state index in [-0.39, 0.29) is 11.5 Å². The highest BCUT2D eigenvalue weighted by Gasteiger charge is 2.17. The van der Waals surface area contributed by atoms with Crippen molar-refractivity contribution >= 4 is 28.4 Å². The molecule has 4 rings (SSSR count). The van der Waals surface area contributed by atoms with Gasteiger partial charge in [0.25, 0.3) is 0 Å². The van der Waals surface area contributed by atoms with Crippen molar-refractivity contribution in [3.05, 3.63) is 65.9 Å². The average Bonchev–Trinajstić information content (AvgIpc) is 3.35. The molecule has 0 radical (unpaired) electrons. The molecule has 2 aromatic carbocycles. The van der Waals surface area contributed by atoms with Gasteiger partial charge in [-0.3, -0.25) is 4.79 Å². The number of hydrogen-bond acceptors (Lipinski definition) is 6. The number of aromatic nitrogens is 5. The molecule has 29 heavy (non-hydrogen) atoms. The zero-order valence-electron chi connectivity index (χ0n) is 15.8. The smallest absolute Gasteiger partial charge is 0.214 e. The summed E-state index contributed by atoms with van der Waals surface area (Å²) in [4.78, 5) is 13.0. The third kappa shape index (κ3) is 3.91. The van der Waals surface area contributed by atoms with Gasteiger partial charge in [0.05, 0.1) is 23.9 Å². The van der Waals surface area contributed by atoms with Gasteiger partial charge in [-0.1, -0.05) is 42.1 Å². The Bertz CT molecular complexity index is 1220. The van der Waals surface area contributed by atoms with Gasteiger partial charge in [0.2, 0.25) is 5.16 Å². The predicted octanol–water partition coefficient (Wildman–Crippen LogP) is 3.81. The van der Waals surface area contributed by atoms with Crippen LogP contribution >= 0.6 is 11.8 Å². The van der Waals surface area contributed by atoms with Crippen molar-refractivity contribution in [1.82, 2.24) is 24.8 Å². The number of hydrogen-bond donors (Lipinski definition) is 0. The second kappa shape index (κ2) is 8.29. The molecule has 4 aromatic rings. The lowest BCUT2D eigenvalue weighted by molar-refractivity contribution is 0.102. The van der Waals surface area contributed by atoms with E-state index >= 15 is 0 Å². The first-order valence-electron chi connectivity index (χ1n) is 9.13. The molecule has 0 bridgehead atoms. The zero-order chi connectivity index (χ0) is 20.2. The molecule has 0 unspecified atom stereocenters. The summed E-state index contributed by atoms with van der Waals surface area (Å²) in [7, 11) is 0. The van der Waals surface area contributed by atoms with Gasteiger partial charge in [0.1, 0.15) is 0 Å². The molecule has 0 amide bonds. The monoisotopic (exact) mass is 402 g/mol. The van der Waals surface area contributed by atoms with E-state index in [1.54, 1.807) is 4.68 Å². The Morgan fingerprint density at radius 2 is 2.07 bits per heavy atom. The highest BCUT2D eigenvalue weighted by atomic mass is 32.2. The summed E-state index contributed by atoms with van der Waals surface area (Å²) in [5.74, 6) is 0.221. The van der Waals surface area contributed by atoms with E-state index in [0.29, 0.717) is 23.7 Å². The molecule has 0 fully saturated rings. The van der Waals surface area contributed by atoms with Crippen LogP contribution < -0.4 is 0 Å². The van der Waals surface area contributed by atoms with Crippen molar-refractivity contribution < 1.29 is 4.79 Å². The summed E-state index contributed by atoms with van der Waals surface area (Å²) in [5.41, 5.74) is 3.58. The van der Waals surface area contributed by atoms with E-state index in [1.165, 1.54) is 11.8 Å². The summed E-state index contributed by atoms with van der Waals surface area (Å²) >= 11 is 1.31. The number of aryl methyl sites for hydroxylation is 2. The number of tetrazole rings is 1. The van der Waals surface area contributed by atoms with Gasteiger partial charge in [-0.2, -0.15) is 9.94 Å². The summed E-state index contributed by atoms with van der Waals surface area (Å²) in [6, 6.07) is 17.8. The number of nitriles is 1. The third-order valence-corrected chi connectivity index (χ3v) is 5.49. The van der Waals surface area contributed by atoms with Crippen LogP contribution in [0.15, 0.2) is 59.9 Å². The number of ketones is 1. The van der Waals surface area contributed by atoms with Crippen LogP contribution in [0.5, 0.6) is 0 Å². The Morgan fingerprint density at radius 3 is 2.90 bits per heavy atom. The highest BCUT2D eigenvalue weighted by Crippen LogP contribution is 2.25. The lowest BCUT2D eigenvalue weighted by Crippen LogP contribution is -2.05. The molecule has 0 aliphatic rings. The first-order valence-corrected chi connectivity index (χ1v) is 10.1. The van der Waals surface area contributed by atoms with E-state index in [9.17, 15) is 4.79 Å². The summed E-state index contributed by atoms with van der Waals surface area (Å²) in [6.45, 7) is 2.56. The number of nitrogens with zero attached hydrogens (tertiary/aromatic N) is 6. The van der Waals surface area contributed by atoms with Crippen molar-refractivity contribution in [2.45, 2.75) is 25.0 Å². The fraction of sp³-hybridized carbons (Fsp3) is 0.190. The van der Waals surface area contributed by atoms with Crippen LogP contribution in [-0.4, -0.2) is 36.3 Å². The van der Waals surface area contributed by atoms with Crippen LogP contribution in [-0.2, 0) is 6.54 Å². The largest absolute Gasteiger partial charge is 0.346 e. The fourth-order valence-electron chi connectivity index (χ4n) is 3.22. The highest BCUT2D eigenvalue weighted by molar-refractivity contribution is 7.99. The molecule has 0 atom stereocenters. The number of Topliss-reactive ketones (excluding diaryl/α,β-unsaturated/α-hetero) is 1. The SMILES string of the molecule is Cc1cccc(-n2nnnc2SCC(=O)c2cn(CCC#N)c3ccccc23)c1. The molecule has 8 heteroatoms. The van der Waals surface area contributed by atoms with Crippen LogP contribution in [0.25, 0.3) is 16.6 Å². The number of benzene rings is 2. The van der Waals surface area contributed by atoms with Crippen molar-refractivity contribution in [2.24, 2.45) is 0 Å². The van der Waals surface area contributed by atoms with E-state index in [4.69, 9.17) is 5.26 Å². The van der Waals surface area contributed by atoms with Gasteiger partial charge in [0, 0.05) is 29.2 Å². The van der Waals surface area contributed by atoms with Crippen molar-refractivity contribution in [3.63, 3.8) is 0 Å². The minimum atomic E-state index is 0.000648. The van der Waals surface area contributed by atoms with Crippen molar-refractivity contribution in [3.8, 4) is 11.8 Å². The number of rotatable bonds is 7. The van der Waals surface area contributed by atoms with Gasteiger partial charge >= 0.3 is 0 Å². The van der Waals surface area contributed by atoms with Gasteiger partial charge in [0.15, 0.2) is 5.78 Å². The Labute approximate surface area is 171 Å². The minimum absolute atomic E-state index is 0.000648. The summed E-state index contributed by atoms with van der Waals surface area (Å²) in [6.07, 6.45) is 2.24. The Morgan fingerprint density at radius 1 is 1.21 bits per heavy atom. The molecular weight excluding hydrogens is 384 g/mol. The number of para-hydroxylation sites is 1. The van der Waals surface area contributed by atoms with Crippen LogP contribution in [0, 0.1) is 18.3 Å². The normalized spacial score (nSPS) is 10.9. The Balaban J connectivity index is 1.56. The van der Waals surface area contributed by atoms with Crippen LogP contribution in [0.3, 0.4) is 0 Å². The van der Waals surface area contributed by atoms with E-state index in [0.717, 1.165) is 22.2 Å². The fourth-order valence-corrected chi connectivity index (χ4v) is 4.00. The Kier molecular flexibility index (Phi) is 5.40. The third-order valence-electron chi connectivity index (χ3n) is 4.57. The van der Waals surface area contributed by atoms with Crippen LogP contribution in [0.1, 0.15) is 22.3 Å². The second-order valence-electron chi connectivity index (χ2n) is 6.59. The molecule has 0 N–H and O–H groups in total. The number of carbonyl (C=O) groups is 1. The van der Waals surface area contributed by atoms with Gasteiger partial charge in [-0.15, -0.1) is 5.10 Å². The molecule has 2 aromatic heterocycles. The number of carbonyl (C=O) groups excluding carboxylic acids is 1. The van der Waals surface area contributed by atoms with Gasteiger partial charge < -0.3 is 4.57 Å². The van der Waals surface area contributed by atoms with E-state index < -0.39 is 0 Å². The van der Waals surface area contributed by atoms with Gasteiger partial charge in [-0.25, -0.2) is 0 Å². The molecular formula is C21H18N6OS. The second-order valence-corrected chi connectivity index (χ2v) is 7.53. The molecule has 0 saturated carbocycles.